The number of thiocyanates is 1. The number of benzene rings is 1. The number of hydrogen-bond donors (Lipinski definition) is 1. The zero-order valence-corrected chi connectivity index (χ0v) is 8.50. The lowest BCUT2D eigenvalue weighted by molar-refractivity contribution is 0.163. The molecule has 0 aromatic heterocycles. The van der Waals surface area contributed by atoms with Crippen molar-refractivity contribution in [3.8, 4) is 5.40 Å². The molecule has 1 aliphatic carbocycles. The average Bonchev–Trinajstić information content (AvgIpc) is 2.23. The summed E-state index contributed by atoms with van der Waals surface area (Å²) in [6.07, 6.45) is 1.37. The maximum atomic E-state index is 9.98. The van der Waals surface area contributed by atoms with Crippen LogP contribution in [0.3, 0.4) is 0 Å². The Bertz CT molecular complexity index is 372. The second-order valence-corrected chi connectivity index (χ2v) is 4.45. The van der Waals surface area contributed by atoms with E-state index in [2.05, 4.69) is 5.40 Å². The summed E-state index contributed by atoms with van der Waals surface area (Å²) >= 11 is 1.18. The molecular formula is C11H11NOS. The molecule has 0 radical (unpaired) electrons. The predicted octanol–water partition coefficient (Wildman–Crippen LogP) is 2.25. The van der Waals surface area contributed by atoms with E-state index >= 15 is 0 Å². The van der Waals surface area contributed by atoms with E-state index in [0.29, 0.717) is 0 Å². The fourth-order valence-corrected chi connectivity index (χ4v) is 2.54. The van der Waals surface area contributed by atoms with Gasteiger partial charge in [-0.05, 0) is 35.7 Å². The number of aliphatic hydroxyl groups is 1. The molecule has 0 saturated heterocycles. The largest absolute Gasteiger partial charge is 0.387 e. The molecule has 3 heteroatoms. The number of nitrogens with zero attached hydrogens (tertiary/aromatic N) is 1. The monoisotopic (exact) mass is 205 g/mol. The van der Waals surface area contributed by atoms with Crippen molar-refractivity contribution >= 4 is 11.8 Å². The van der Waals surface area contributed by atoms with Crippen LogP contribution in [-0.4, -0.2) is 10.4 Å². The molecule has 0 bridgehead atoms. The van der Waals surface area contributed by atoms with Gasteiger partial charge in [0.15, 0.2) is 0 Å². The first kappa shape index (κ1) is 9.57. The van der Waals surface area contributed by atoms with Gasteiger partial charge in [-0.2, -0.15) is 5.26 Å². The number of thioether (sulfide) groups is 1. The first-order chi connectivity index (χ1) is 6.83. The Morgan fingerprint density at radius 1 is 1.43 bits per heavy atom. The summed E-state index contributed by atoms with van der Waals surface area (Å²) in [6.45, 7) is 0. The molecule has 0 heterocycles. The van der Waals surface area contributed by atoms with Crippen molar-refractivity contribution in [3.05, 3.63) is 35.4 Å². The summed E-state index contributed by atoms with van der Waals surface area (Å²) < 4.78 is 0. The zero-order chi connectivity index (χ0) is 9.97. The molecule has 1 N–H and O–H groups in total. The van der Waals surface area contributed by atoms with E-state index in [4.69, 9.17) is 5.26 Å². The Kier molecular flexibility index (Phi) is 2.76. The summed E-state index contributed by atoms with van der Waals surface area (Å²) in [5, 5.41) is 20.7. The van der Waals surface area contributed by atoms with Crippen LogP contribution in [-0.2, 0) is 6.42 Å². The van der Waals surface area contributed by atoms with Crippen LogP contribution in [0.5, 0.6) is 0 Å². The van der Waals surface area contributed by atoms with Gasteiger partial charge in [0.05, 0.1) is 6.10 Å². The maximum Gasteiger partial charge on any atom is 0.133 e. The highest BCUT2D eigenvalue weighted by molar-refractivity contribution is 8.04. The highest BCUT2D eigenvalue weighted by Crippen LogP contribution is 2.36. The third-order valence-electron chi connectivity index (χ3n) is 2.63. The van der Waals surface area contributed by atoms with Gasteiger partial charge in [0.1, 0.15) is 5.40 Å². The van der Waals surface area contributed by atoms with E-state index < -0.39 is 6.10 Å². The van der Waals surface area contributed by atoms with E-state index in [1.807, 2.05) is 24.3 Å². The second-order valence-electron chi connectivity index (χ2n) is 3.43. The number of hydrogen-bond acceptors (Lipinski definition) is 3. The van der Waals surface area contributed by atoms with Crippen LogP contribution in [0.4, 0.5) is 0 Å². The van der Waals surface area contributed by atoms with Gasteiger partial charge in [-0.25, -0.2) is 0 Å². The van der Waals surface area contributed by atoms with Crippen molar-refractivity contribution in [2.24, 2.45) is 0 Å². The average molecular weight is 205 g/mol. The van der Waals surface area contributed by atoms with Crippen molar-refractivity contribution in [2.75, 3.05) is 0 Å². The minimum absolute atomic E-state index is 0.0369. The highest BCUT2D eigenvalue weighted by Gasteiger charge is 2.27. The molecule has 1 aromatic rings. The molecule has 0 aliphatic heterocycles. The van der Waals surface area contributed by atoms with Gasteiger partial charge in [0, 0.05) is 5.25 Å². The van der Waals surface area contributed by atoms with Crippen molar-refractivity contribution in [1.82, 2.24) is 0 Å². The molecule has 2 rings (SSSR count). The first-order valence-corrected chi connectivity index (χ1v) is 5.51. The van der Waals surface area contributed by atoms with Crippen molar-refractivity contribution in [2.45, 2.75) is 24.2 Å². The zero-order valence-electron chi connectivity index (χ0n) is 7.68. The van der Waals surface area contributed by atoms with Crippen molar-refractivity contribution in [1.29, 1.82) is 5.26 Å². The third kappa shape index (κ3) is 1.63. The van der Waals surface area contributed by atoms with Crippen molar-refractivity contribution in [3.63, 3.8) is 0 Å². The second kappa shape index (κ2) is 4.04. The fourth-order valence-electron chi connectivity index (χ4n) is 1.90. The lowest BCUT2D eigenvalue weighted by atomic mass is 9.89. The van der Waals surface area contributed by atoms with Crippen molar-refractivity contribution < 1.29 is 5.11 Å². The molecule has 0 amide bonds. The lowest BCUT2D eigenvalue weighted by Crippen LogP contribution is -2.22. The lowest BCUT2D eigenvalue weighted by Gasteiger charge is -2.27. The molecule has 2 unspecified atom stereocenters. The van der Waals surface area contributed by atoms with Gasteiger partial charge in [-0.1, -0.05) is 24.3 Å². The number of aliphatic hydroxyl groups excluding tert-OH is 1. The van der Waals surface area contributed by atoms with Gasteiger partial charge >= 0.3 is 0 Å². The minimum atomic E-state index is -0.482. The first-order valence-electron chi connectivity index (χ1n) is 4.63. The van der Waals surface area contributed by atoms with Gasteiger partial charge in [0.25, 0.3) is 0 Å². The van der Waals surface area contributed by atoms with Gasteiger partial charge in [-0.15, -0.1) is 0 Å². The van der Waals surface area contributed by atoms with Gasteiger partial charge in [-0.3, -0.25) is 0 Å². The molecule has 14 heavy (non-hydrogen) atoms. The van der Waals surface area contributed by atoms with E-state index in [1.54, 1.807) is 0 Å². The van der Waals surface area contributed by atoms with E-state index in [1.165, 1.54) is 17.3 Å². The van der Waals surface area contributed by atoms with Crippen LogP contribution in [0.25, 0.3) is 0 Å². The quantitative estimate of drug-likeness (QED) is 0.715. The Balaban J connectivity index is 2.28. The summed E-state index contributed by atoms with van der Waals surface area (Å²) in [4.78, 5) is 0. The highest BCUT2D eigenvalue weighted by atomic mass is 32.2. The predicted molar refractivity (Wildman–Crippen MR) is 56.7 cm³/mol. The number of rotatable bonds is 1. The Morgan fingerprint density at radius 3 is 3.00 bits per heavy atom. The molecule has 2 nitrogen and oxygen atoms in total. The summed E-state index contributed by atoms with van der Waals surface area (Å²) in [5.41, 5.74) is 2.21. The van der Waals surface area contributed by atoms with Crippen LogP contribution in [0.1, 0.15) is 23.7 Å². The maximum absolute atomic E-state index is 9.98. The molecule has 0 spiro atoms. The SMILES string of the molecule is N#CSC1CCc2ccccc2C1O. The van der Waals surface area contributed by atoms with Crippen LogP contribution in [0.15, 0.2) is 24.3 Å². The fraction of sp³-hybridized carbons (Fsp3) is 0.364. The number of nitriles is 1. The molecule has 2 atom stereocenters. The number of aryl methyl sites for hydroxylation is 1. The normalized spacial score (nSPS) is 25.1. The van der Waals surface area contributed by atoms with Crippen LogP contribution < -0.4 is 0 Å². The minimum Gasteiger partial charge on any atom is -0.387 e. The molecule has 0 fully saturated rings. The number of fused-ring (bicyclic) bond motifs is 1. The molecular weight excluding hydrogens is 194 g/mol. The summed E-state index contributed by atoms with van der Waals surface area (Å²) in [5.74, 6) is 0. The Labute approximate surface area is 87.6 Å². The van der Waals surface area contributed by atoms with Gasteiger partial charge in [0.2, 0.25) is 0 Å². The van der Waals surface area contributed by atoms with Crippen LogP contribution >= 0.6 is 11.8 Å². The standard InChI is InChI=1S/C11H11NOS/c12-7-14-10-6-5-8-3-1-2-4-9(8)11(10)13/h1-4,10-11,13H,5-6H2. The topological polar surface area (TPSA) is 44.0 Å². The van der Waals surface area contributed by atoms with E-state index in [0.717, 1.165) is 18.4 Å². The smallest absolute Gasteiger partial charge is 0.133 e. The van der Waals surface area contributed by atoms with E-state index in [-0.39, 0.29) is 5.25 Å². The molecule has 72 valence electrons. The third-order valence-corrected chi connectivity index (χ3v) is 3.53. The van der Waals surface area contributed by atoms with Gasteiger partial charge < -0.3 is 5.11 Å². The molecule has 0 saturated carbocycles. The van der Waals surface area contributed by atoms with Crippen LogP contribution in [0, 0.1) is 10.7 Å². The molecule has 1 aliphatic rings. The summed E-state index contributed by atoms with van der Waals surface area (Å²) in [6, 6.07) is 7.92. The molecule has 1 aromatic carbocycles. The Hall–Kier alpha value is -0.980. The Morgan fingerprint density at radius 2 is 2.21 bits per heavy atom. The summed E-state index contributed by atoms with van der Waals surface area (Å²) in [7, 11) is 0. The van der Waals surface area contributed by atoms with E-state index in [9.17, 15) is 5.11 Å². The van der Waals surface area contributed by atoms with Crippen LogP contribution in [0.2, 0.25) is 0 Å².